The van der Waals surface area contributed by atoms with E-state index in [1.807, 2.05) is 58.0 Å². The van der Waals surface area contributed by atoms with Gasteiger partial charge in [0, 0.05) is 22.1 Å². The highest BCUT2D eigenvalue weighted by Gasteiger charge is 2.30. The number of nitrogens with zero attached hydrogens (tertiary/aromatic N) is 1. The predicted octanol–water partition coefficient (Wildman–Crippen LogP) is 5.30. The minimum absolute atomic E-state index is 0.0482. The number of rotatable bonds is 8. The topological polar surface area (TPSA) is 49.4 Å². The maximum atomic E-state index is 13.3. The Bertz CT molecular complexity index is 843. The lowest BCUT2D eigenvalue weighted by molar-refractivity contribution is -0.140. The van der Waals surface area contributed by atoms with E-state index < -0.39 is 6.04 Å². The first-order valence-corrected chi connectivity index (χ1v) is 11.0. The van der Waals surface area contributed by atoms with Crippen molar-refractivity contribution in [2.24, 2.45) is 0 Å². The van der Waals surface area contributed by atoms with Crippen LogP contribution in [0.1, 0.15) is 45.2 Å². The van der Waals surface area contributed by atoms with Gasteiger partial charge in [-0.25, -0.2) is 0 Å². The van der Waals surface area contributed by atoms with Gasteiger partial charge in [-0.1, -0.05) is 66.5 Å². The lowest BCUT2D eigenvalue weighted by atomic mass is 10.0. The second-order valence-corrected chi connectivity index (χ2v) is 9.18. The Hall–Kier alpha value is -2.04. The van der Waals surface area contributed by atoms with Crippen LogP contribution < -0.4 is 5.32 Å². The largest absolute Gasteiger partial charge is 0.350 e. The molecule has 0 aliphatic rings. The van der Waals surface area contributed by atoms with Gasteiger partial charge in [0.25, 0.3) is 0 Å². The van der Waals surface area contributed by atoms with E-state index in [4.69, 9.17) is 23.2 Å². The molecule has 2 aromatic carbocycles. The van der Waals surface area contributed by atoms with Gasteiger partial charge in [0.2, 0.25) is 11.8 Å². The fraction of sp³-hybridized carbons (Fsp3) is 0.417. The molecular formula is C24H30Cl2N2O2. The van der Waals surface area contributed by atoms with Crippen LogP contribution in [-0.4, -0.2) is 34.8 Å². The van der Waals surface area contributed by atoms with Crippen LogP contribution in [0.4, 0.5) is 0 Å². The van der Waals surface area contributed by atoms with Crippen molar-refractivity contribution in [2.45, 2.75) is 58.5 Å². The van der Waals surface area contributed by atoms with Crippen LogP contribution in [0.15, 0.2) is 48.5 Å². The smallest absolute Gasteiger partial charge is 0.243 e. The summed E-state index contributed by atoms with van der Waals surface area (Å²) in [5, 5.41) is 3.91. The van der Waals surface area contributed by atoms with E-state index in [1.165, 1.54) is 0 Å². The van der Waals surface area contributed by atoms with E-state index >= 15 is 0 Å². The molecule has 0 heterocycles. The molecule has 1 atom stereocenters. The molecule has 0 bridgehead atoms. The Morgan fingerprint density at radius 2 is 1.60 bits per heavy atom. The van der Waals surface area contributed by atoms with Crippen molar-refractivity contribution >= 4 is 35.0 Å². The zero-order valence-electron chi connectivity index (χ0n) is 18.0. The molecule has 0 radical (unpaired) electrons. The van der Waals surface area contributed by atoms with Gasteiger partial charge in [-0.2, -0.15) is 0 Å². The fourth-order valence-electron chi connectivity index (χ4n) is 3.30. The maximum Gasteiger partial charge on any atom is 0.243 e. The summed E-state index contributed by atoms with van der Waals surface area (Å²) in [7, 11) is 0. The molecule has 0 aliphatic carbocycles. The van der Waals surface area contributed by atoms with Crippen molar-refractivity contribution in [3.63, 3.8) is 0 Å². The van der Waals surface area contributed by atoms with Gasteiger partial charge in [0.05, 0.1) is 6.42 Å². The van der Waals surface area contributed by atoms with Crippen LogP contribution in [0.3, 0.4) is 0 Å². The van der Waals surface area contributed by atoms with Crippen LogP contribution in [0.25, 0.3) is 0 Å². The number of amides is 2. The predicted molar refractivity (Wildman–Crippen MR) is 124 cm³/mol. The average Bonchev–Trinajstić information content (AvgIpc) is 2.67. The lowest BCUT2D eigenvalue weighted by Gasteiger charge is -2.33. The Morgan fingerprint density at radius 1 is 1.00 bits per heavy atom. The van der Waals surface area contributed by atoms with E-state index in [-0.39, 0.29) is 23.8 Å². The Balaban J connectivity index is 2.28. The number of nitrogens with one attached hydrogen (secondary N) is 1. The van der Waals surface area contributed by atoms with Crippen LogP contribution in [0, 0.1) is 0 Å². The normalized spacial score (nSPS) is 12.3. The van der Waals surface area contributed by atoms with E-state index in [1.54, 1.807) is 23.1 Å². The zero-order valence-corrected chi connectivity index (χ0v) is 19.6. The molecule has 30 heavy (non-hydrogen) atoms. The van der Waals surface area contributed by atoms with Crippen molar-refractivity contribution in [3.05, 3.63) is 69.7 Å². The molecule has 6 heteroatoms. The third-order valence-corrected chi connectivity index (χ3v) is 5.47. The molecule has 0 saturated carbocycles. The van der Waals surface area contributed by atoms with Crippen molar-refractivity contribution in [3.8, 4) is 0 Å². The molecule has 0 saturated heterocycles. The fourth-order valence-corrected chi connectivity index (χ4v) is 3.83. The summed E-state index contributed by atoms with van der Waals surface area (Å²) in [6.07, 6.45) is 1.22. The zero-order chi connectivity index (χ0) is 22.3. The van der Waals surface area contributed by atoms with Gasteiger partial charge >= 0.3 is 0 Å². The van der Waals surface area contributed by atoms with E-state index in [0.29, 0.717) is 35.0 Å². The van der Waals surface area contributed by atoms with E-state index in [0.717, 1.165) is 5.56 Å². The second kappa shape index (κ2) is 10.8. The molecule has 162 valence electrons. The van der Waals surface area contributed by atoms with Crippen molar-refractivity contribution in [2.75, 3.05) is 6.54 Å². The molecule has 2 amide bonds. The number of benzene rings is 2. The summed E-state index contributed by atoms with van der Waals surface area (Å²) >= 11 is 12.6. The molecule has 1 N–H and O–H groups in total. The molecule has 0 aliphatic heterocycles. The standard InChI is InChI=1S/C24H30Cl2N2O2/c1-5-21(23(30)27-24(2,3)4)28(15-14-17-10-7-6-8-11-17)22(29)16-18-19(25)12-9-13-20(18)26/h6-13,21H,5,14-16H2,1-4H3,(H,27,30)/t21-/m1/s1. The average molecular weight is 449 g/mol. The summed E-state index contributed by atoms with van der Waals surface area (Å²) in [6, 6.07) is 14.5. The van der Waals surface area contributed by atoms with Crippen LogP contribution >= 0.6 is 23.2 Å². The monoisotopic (exact) mass is 448 g/mol. The van der Waals surface area contributed by atoms with Crippen LogP contribution in [0.2, 0.25) is 10.0 Å². The minimum atomic E-state index is -0.568. The number of carbonyl (C=O) groups is 2. The lowest BCUT2D eigenvalue weighted by Crippen LogP contribution is -2.54. The van der Waals surface area contributed by atoms with E-state index in [2.05, 4.69) is 5.32 Å². The summed E-state index contributed by atoms with van der Waals surface area (Å²) in [4.78, 5) is 28.0. The van der Waals surface area contributed by atoms with Gasteiger partial charge in [-0.05, 0) is 56.9 Å². The third kappa shape index (κ3) is 7.03. The highest BCUT2D eigenvalue weighted by molar-refractivity contribution is 6.36. The number of halogens is 2. The molecular weight excluding hydrogens is 419 g/mol. The van der Waals surface area contributed by atoms with Crippen LogP contribution in [-0.2, 0) is 22.4 Å². The SMILES string of the molecule is CC[C@H](C(=O)NC(C)(C)C)N(CCc1ccccc1)C(=O)Cc1c(Cl)cccc1Cl. The first kappa shape index (κ1) is 24.2. The van der Waals surface area contributed by atoms with Gasteiger partial charge in [0.15, 0.2) is 0 Å². The molecule has 0 spiro atoms. The number of hydrogen-bond acceptors (Lipinski definition) is 2. The van der Waals surface area contributed by atoms with Crippen molar-refractivity contribution in [1.29, 1.82) is 0 Å². The van der Waals surface area contributed by atoms with Crippen molar-refractivity contribution in [1.82, 2.24) is 10.2 Å². The first-order valence-electron chi connectivity index (χ1n) is 10.2. The van der Waals surface area contributed by atoms with Gasteiger partial charge < -0.3 is 10.2 Å². The Kier molecular flexibility index (Phi) is 8.75. The van der Waals surface area contributed by atoms with Crippen molar-refractivity contribution < 1.29 is 9.59 Å². The molecule has 0 fully saturated rings. The first-order chi connectivity index (χ1) is 14.1. The highest BCUT2D eigenvalue weighted by Crippen LogP contribution is 2.26. The maximum absolute atomic E-state index is 13.3. The quantitative estimate of drug-likeness (QED) is 0.595. The number of hydrogen-bond donors (Lipinski definition) is 1. The highest BCUT2D eigenvalue weighted by atomic mass is 35.5. The number of carbonyl (C=O) groups excluding carboxylic acids is 2. The molecule has 2 aromatic rings. The Labute approximate surface area is 189 Å². The molecule has 4 nitrogen and oxygen atoms in total. The summed E-state index contributed by atoms with van der Waals surface area (Å²) in [6.45, 7) is 8.13. The summed E-state index contributed by atoms with van der Waals surface area (Å²) in [5.74, 6) is -0.325. The van der Waals surface area contributed by atoms with Gasteiger partial charge in [0.1, 0.15) is 6.04 Å². The third-order valence-electron chi connectivity index (χ3n) is 4.76. The summed E-state index contributed by atoms with van der Waals surface area (Å²) < 4.78 is 0. The summed E-state index contributed by atoms with van der Waals surface area (Å²) in [5.41, 5.74) is 1.31. The second-order valence-electron chi connectivity index (χ2n) is 8.36. The van der Waals surface area contributed by atoms with Gasteiger partial charge in [-0.3, -0.25) is 9.59 Å². The Morgan fingerprint density at radius 3 is 2.13 bits per heavy atom. The molecule has 2 rings (SSSR count). The van der Waals surface area contributed by atoms with Crippen LogP contribution in [0.5, 0.6) is 0 Å². The minimum Gasteiger partial charge on any atom is -0.350 e. The van der Waals surface area contributed by atoms with E-state index in [9.17, 15) is 9.59 Å². The van der Waals surface area contributed by atoms with Gasteiger partial charge in [-0.15, -0.1) is 0 Å². The molecule has 0 aromatic heterocycles. The molecule has 0 unspecified atom stereocenters.